The smallest absolute Gasteiger partial charge is 0.193 e. The number of hydrogen-bond acceptors (Lipinski definition) is 5. The first-order valence-corrected chi connectivity index (χ1v) is 9.26. The van der Waals surface area contributed by atoms with Gasteiger partial charge in [0.05, 0.1) is 20.3 Å². The van der Waals surface area contributed by atoms with Gasteiger partial charge in [-0.05, 0) is 42.5 Å². The van der Waals surface area contributed by atoms with Crippen LogP contribution in [0.2, 0.25) is 0 Å². The highest BCUT2D eigenvalue weighted by Crippen LogP contribution is 2.33. The third-order valence-corrected chi connectivity index (χ3v) is 4.99. The van der Waals surface area contributed by atoms with Crippen molar-refractivity contribution in [2.75, 3.05) is 46.6 Å². The number of halogens is 1. The fraction of sp³-hybridized carbons (Fsp3) is 0.381. The summed E-state index contributed by atoms with van der Waals surface area (Å²) in [7, 11) is 1.60. The summed E-state index contributed by atoms with van der Waals surface area (Å²) in [4.78, 5) is 14.2. The molecule has 0 aromatic heterocycles. The first kappa shape index (κ1) is 20.5. The number of hydrogen-bond donors (Lipinski definition) is 1. The second kappa shape index (κ2) is 9.28. The maximum absolute atomic E-state index is 12.8. The predicted molar refractivity (Wildman–Crippen MR) is 99.2 cm³/mol. The number of benzene rings is 2. The van der Waals surface area contributed by atoms with E-state index in [0.717, 1.165) is 38.6 Å². The van der Waals surface area contributed by atoms with Crippen LogP contribution in [-0.4, -0.2) is 58.5 Å². The lowest BCUT2D eigenvalue weighted by Crippen LogP contribution is -3.15. The van der Waals surface area contributed by atoms with E-state index in [1.807, 2.05) is 6.07 Å². The quantitative estimate of drug-likeness (QED) is 0.582. The van der Waals surface area contributed by atoms with Gasteiger partial charge in [0.2, 0.25) is 0 Å². The Bertz CT molecular complexity index is 805. The monoisotopic (exact) mass is 405 g/mol. The second-order valence-electron chi connectivity index (χ2n) is 6.84. The Morgan fingerprint density at radius 3 is 2.50 bits per heavy atom. The van der Waals surface area contributed by atoms with E-state index < -0.39 is 0 Å². The van der Waals surface area contributed by atoms with Crippen molar-refractivity contribution in [2.24, 2.45) is 0 Å². The molecule has 2 aromatic carbocycles. The van der Waals surface area contributed by atoms with Crippen LogP contribution in [-0.2, 0) is 4.74 Å². The van der Waals surface area contributed by atoms with Gasteiger partial charge in [0.25, 0.3) is 0 Å². The van der Waals surface area contributed by atoms with Gasteiger partial charge < -0.3 is 36.3 Å². The molecule has 2 aliphatic rings. The van der Waals surface area contributed by atoms with Crippen LogP contribution < -0.4 is 31.5 Å². The van der Waals surface area contributed by atoms with Gasteiger partial charge in [-0.25, -0.2) is 0 Å². The fourth-order valence-corrected chi connectivity index (χ4v) is 3.45. The Kier molecular flexibility index (Phi) is 6.78. The topological polar surface area (TPSA) is 58.4 Å². The number of ketones is 1. The van der Waals surface area contributed by atoms with E-state index in [4.69, 9.17) is 18.9 Å². The lowest BCUT2D eigenvalue weighted by atomic mass is 10.0. The molecule has 0 aliphatic carbocycles. The summed E-state index contributed by atoms with van der Waals surface area (Å²) < 4.78 is 22.5. The van der Waals surface area contributed by atoms with Crippen molar-refractivity contribution in [2.45, 2.75) is 6.10 Å². The first-order valence-electron chi connectivity index (χ1n) is 9.26. The number of fused-ring (bicyclic) bond motifs is 1. The Labute approximate surface area is 170 Å². The van der Waals surface area contributed by atoms with Gasteiger partial charge in [0.15, 0.2) is 23.4 Å². The van der Waals surface area contributed by atoms with Crippen molar-refractivity contribution >= 4 is 5.78 Å². The summed E-state index contributed by atoms with van der Waals surface area (Å²) in [5.41, 5.74) is 1.20. The summed E-state index contributed by atoms with van der Waals surface area (Å²) in [5.74, 6) is 2.00. The zero-order valence-electron chi connectivity index (χ0n) is 15.8. The van der Waals surface area contributed by atoms with Crippen LogP contribution in [0.15, 0.2) is 42.5 Å². The van der Waals surface area contributed by atoms with E-state index in [2.05, 4.69) is 0 Å². The normalized spacial score (nSPS) is 18.8. The minimum absolute atomic E-state index is 0. The standard InChI is InChI=1S/C21H23NO5.ClH/c1-24-17-5-2-15(3-6-17)21(23)16-4-7-19-20(12-16)27-18(14-26-19)13-22-8-10-25-11-9-22;/h2-7,12,18H,8-11,13-14H2,1H3;1H. The molecule has 1 N–H and O–H groups in total. The number of methoxy groups -OCH3 is 1. The molecule has 2 heterocycles. The maximum atomic E-state index is 12.8. The van der Waals surface area contributed by atoms with Crippen molar-refractivity contribution < 1.29 is 41.0 Å². The molecule has 0 amide bonds. The Morgan fingerprint density at radius 2 is 1.79 bits per heavy atom. The summed E-state index contributed by atoms with van der Waals surface area (Å²) in [6.07, 6.45) is -0.0167. The number of rotatable bonds is 5. The van der Waals surface area contributed by atoms with Crippen LogP contribution >= 0.6 is 0 Å². The van der Waals surface area contributed by atoms with Crippen LogP contribution in [0.5, 0.6) is 17.2 Å². The number of quaternary nitrogens is 1. The Hall–Kier alpha value is -2.28. The molecule has 1 unspecified atom stereocenters. The molecule has 1 fully saturated rings. The average Bonchev–Trinajstić information content (AvgIpc) is 2.73. The maximum Gasteiger partial charge on any atom is 0.193 e. The molecule has 6 nitrogen and oxygen atoms in total. The van der Waals surface area contributed by atoms with E-state index in [9.17, 15) is 4.79 Å². The van der Waals surface area contributed by atoms with Crippen LogP contribution in [0.25, 0.3) is 0 Å². The first-order chi connectivity index (χ1) is 13.2. The number of morpholine rings is 1. The molecule has 28 heavy (non-hydrogen) atoms. The van der Waals surface area contributed by atoms with Crippen LogP contribution in [0.3, 0.4) is 0 Å². The largest absolute Gasteiger partial charge is 1.00 e. The summed E-state index contributed by atoms with van der Waals surface area (Å²) in [6.45, 7) is 4.97. The molecule has 1 atom stereocenters. The van der Waals surface area contributed by atoms with Crippen molar-refractivity contribution in [1.82, 2.24) is 0 Å². The molecule has 2 aliphatic heterocycles. The van der Waals surface area contributed by atoms with Crippen molar-refractivity contribution in [3.8, 4) is 17.2 Å². The summed E-state index contributed by atoms with van der Waals surface area (Å²) in [5, 5.41) is 0. The molecule has 4 rings (SSSR count). The SMILES string of the molecule is COc1ccc(C(=O)c2ccc3c(c2)OC(C[NH+]2CCOCC2)CO3)cc1.[Cl-]. The Balaban J connectivity index is 0.00000225. The number of ether oxygens (including phenoxy) is 4. The lowest BCUT2D eigenvalue weighted by Gasteiger charge is -2.31. The van der Waals surface area contributed by atoms with Gasteiger partial charge in [-0.15, -0.1) is 0 Å². The summed E-state index contributed by atoms with van der Waals surface area (Å²) >= 11 is 0. The number of nitrogens with one attached hydrogen (secondary N) is 1. The van der Waals surface area contributed by atoms with Gasteiger partial charge >= 0.3 is 0 Å². The van der Waals surface area contributed by atoms with E-state index >= 15 is 0 Å². The van der Waals surface area contributed by atoms with Crippen LogP contribution in [0, 0.1) is 0 Å². The molecular formula is C21H24ClNO5. The zero-order chi connectivity index (χ0) is 18.6. The van der Waals surface area contributed by atoms with Crippen molar-refractivity contribution in [3.05, 3.63) is 53.6 Å². The molecule has 0 saturated carbocycles. The molecule has 0 spiro atoms. The highest BCUT2D eigenvalue weighted by atomic mass is 35.5. The zero-order valence-corrected chi connectivity index (χ0v) is 16.5. The molecule has 150 valence electrons. The van der Waals surface area contributed by atoms with Gasteiger partial charge in [-0.1, -0.05) is 0 Å². The highest BCUT2D eigenvalue weighted by Gasteiger charge is 2.27. The van der Waals surface area contributed by atoms with Gasteiger partial charge in [-0.3, -0.25) is 4.79 Å². The molecule has 1 saturated heterocycles. The second-order valence-corrected chi connectivity index (χ2v) is 6.84. The molecule has 0 bridgehead atoms. The predicted octanol–water partition coefficient (Wildman–Crippen LogP) is -2.01. The Morgan fingerprint density at radius 1 is 1.07 bits per heavy atom. The van der Waals surface area contributed by atoms with E-state index in [0.29, 0.717) is 29.2 Å². The fourth-order valence-electron chi connectivity index (χ4n) is 3.45. The third-order valence-electron chi connectivity index (χ3n) is 4.99. The van der Waals surface area contributed by atoms with Gasteiger partial charge in [0, 0.05) is 11.1 Å². The highest BCUT2D eigenvalue weighted by molar-refractivity contribution is 6.09. The summed E-state index contributed by atoms with van der Waals surface area (Å²) in [6, 6.07) is 12.5. The number of carbonyl (C=O) groups is 1. The number of carbonyl (C=O) groups excluding carboxylic acids is 1. The van der Waals surface area contributed by atoms with Gasteiger partial charge in [0.1, 0.15) is 32.0 Å². The van der Waals surface area contributed by atoms with Crippen molar-refractivity contribution in [1.29, 1.82) is 0 Å². The molecular weight excluding hydrogens is 382 g/mol. The molecule has 0 radical (unpaired) electrons. The van der Waals surface area contributed by atoms with E-state index in [1.165, 1.54) is 4.90 Å². The lowest BCUT2D eigenvalue weighted by molar-refractivity contribution is -0.910. The van der Waals surface area contributed by atoms with E-state index in [1.54, 1.807) is 43.5 Å². The minimum atomic E-state index is -0.0509. The van der Waals surface area contributed by atoms with Crippen LogP contribution in [0.4, 0.5) is 0 Å². The van der Waals surface area contributed by atoms with E-state index in [-0.39, 0.29) is 24.3 Å². The minimum Gasteiger partial charge on any atom is -1.00 e. The molecule has 7 heteroatoms. The van der Waals surface area contributed by atoms with Gasteiger partial charge in [-0.2, -0.15) is 0 Å². The van der Waals surface area contributed by atoms with Crippen molar-refractivity contribution in [3.63, 3.8) is 0 Å². The van der Waals surface area contributed by atoms with Crippen LogP contribution in [0.1, 0.15) is 15.9 Å². The average molecular weight is 406 g/mol. The third kappa shape index (κ3) is 4.58. The molecule has 2 aromatic rings.